The number of anilines is 1. The highest BCUT2D eigenvalue weighted by Gasteiger charge is 2.04. The zero-order chi connectivity index (χ0) is 12.1. The van der Waals surface area contributed by atoms with Gasteiger partial charge in [-0.25, -0.2) is 4.98 Å². The fourth-order valence-corrected chi connectivity index (χ4v) is 2.35. The molecule has 0 aliphatic carbocycles. The quantitative estimate of drug-likeness (QED) is 0.881. The molecular formula is C12H16N4S. The van der Waals surface area contributed by atoms with Crippen LogP contribution in [-0.2, 0) is 13.1 Å². The third kappa shape index (κ3) is 3.51. The zero-order valence-electron chi connectivity index (χ0n) is 10.1. The van der Waals surface area contributed by atoms with Crippen LogP contribution in [0.5, 0.6) is 0 Å². The van der Waals surface area contributed by atoms with Gasteiger partial charge in [-0.2, -0.15) is 0 Å². The third-order valence-corrected chi connectivity index (χ3v) is 3.26. The van der Waals surface area contributed by atoms with Crippen LogP contribution in [0.3, 0.4) is 0 Å². The highest BCUT2D eigenvalue weighted by Crippen LogP contribution is 2.12. The van der Waals surface area contributed by atoms with E-state index in [2.05, 4.69) is 44.7 Å². The molecule has 0 radical (unpaired) electrons. The van der Waals surface area contributed by atoms with Gasteiger partial charge in [0.25, 0.3) is 0 Å². The molecule has 0 aliphatic heterocycles. The molecule has 0 saturated heterocycles. The summed E-state index contributed by atoms with van der Waals surface area (Å²) in [7, 11) is 3.93. The van der Waals surface area contributed by atoms with Crippen molar-refractivity contribution < 1.29 is 0 Å². The van der Waals surface area contributed by atoms with Crippen LogP contribution in [0.25, 0.3) is 0 Å². The number of rotatable bonds is 5. The average molecular weight is 248 g/mol. The van der Waals surface area contributed by atoms with E-state index in [1.54, 1.807) is 17.5 Å². The third-order valence-electron chi connectivity index (χ3n) is 2.40. The molecular weight excluding hydrogens is 232 g/mol. The maximum absolute atomic E-state index is 4.36. The van der Waals surface area contributed by atoms with Crippen molar-refractivity contribution in [2.24, 2.45) is 0 Å². The van der Waals surface area contributed by atoms with Gasteiger partial charge in [0.05, 0.1) is 18.1 Å². The molecule has 0 amide bonds. The minimum absolute atomic E-state index is 0.801. The molecule has 2 heterocycles. The van der Waals surface area contributed by atoms with Crippen molar-refractivity contribution in [3.8, 4) is 0 Å². The first kappa shape index (κ1) is 12.0. The van der Waals surface area contributed by atoms with Crippen LogP contribution in [0, 0.1) is 0 Å². The van der Waals surface area contributed by atoms with Crippen LogP contribution in [0.2, 0.25) is 0 Å². The van der Waals surface area contributed by atoms with E-state index in [1.165, 1.54) is 4.88 Å². The molecule has 4 nitrogen and oxygen atoms in total. The summed E-state index contributed by atoms with van der Waals surface area (Å²) in [6.45, 7) is 1.77. The van der Waals surface area contributed by atoms with E-state index in [1.807, 2.05) is 13.2 Å². The van der Waals surface area contributed by atoms with E-state index in [0.29, 0.717) is 0 Å². The molecule has 17 heavy (non-hydrogen) atoms. The van der Waals surface area contributed by atoms with E-state index in [4.69, 9.17) is 0 Å². The lowest BCUT2D eigenvalue weighted by Gasteiger charge is -2.14. The Kier molecular flexibility index (Phi) is 4.06. The van der Waals surface area contributed by atoms with E-state index in [9.17, 15) is 0 Å². The fraction of sp³-hybridized carbons (Fsp3) is 0.333. The molecule has 2 rings (SSSR count). The van der Waals surface area contributed by atoms with Gasteiger partial charge >= 0.3 is 0 Å². The van der Waals surface area contributed by atoms with E-state index in [0.717, 1.165) is 24.6 Å². The fourth-order valence-electron chi connectivity index (χ4n) is 1.57. The Labute approximate surface area is 105 Å². The lowest BCUT2D eigenvalue weighted by molar-refractivity contribution is 0.317. The summed E-state index contributed by atoms with van der Waals surface area (Å²) >= 11 is 1.78. The van der Waals surface area contributed by atoms with E-state index >= 15 is 0 Å². The number of thiophene rings is 1. The first-order valence-corrected chi connectivity index (χ1v) is 6.35. The summed E-state index contributed by atoms with van der Waals surface area (Å²) < 4.78 is 0. The van der Waals surface area contributed by atoms with Gasteiger partial charge in [-0.3, -0.25) is 9.88 Å². The maximum Gasteiger partial charge on any atom is 0.144 e. The summed E-state index contributed by atoms with van der Waals surface area (Å²) in [6.07, 6.45) is 3.57. The predicted molar refractivity (Wildman–Crippen MR) is 71.1 cm³/mol. The van der Waals surface area contributed by atoms with Gasteiger partial charge in [-0.15, -0.1) is 11.3 Å². The SMILES string of the molecule is CNc1cnc(CN(C)Cc2cccs2)cn1. The Balaban J connectivity index is 1.91. The Bertz CT molecular complexity index is 438. The van der Waals surface area contributed by atoms with Crippen molar-refractivity contribution in [1.82, 2.24) is 14.9 Å². The van der Waals surface area contributed by atoms with Crippen LogP contribution in [0.4, 0.5) is 5.82 Å². The van der Waals surface area contributed by atoms with E-state index < -0.39 is 0 Å². The van der Waals surface area contributed by atoms with Crippen LogP contribution in [-0.4, -0.2) is 29.0 Å². The van der Waals surface area contributed by atoms with Crippen molar-refractivity contribution in [3.05, 3.63) is 40.5 Å². The molecule has 0 unspecified atom stereocenters. The van der Waals surface area contributed by atoms with Gasteiger partial charge in [-0.1, -0.05) is 6.07 Å². The molecule has 1 N–H and O–H groups in total. The molecule has 0 aliphatic rings. The molecule has 90 valence electrons. The second-order valence-electron chi connectivity index (χ2n) is 3.89. The van der Waals surface area contributed by atoms with Crippen molar-refractivity contribution in [1.29, 1.82) is 0 Å². The van der Waals surface area contributed by atoms with Gasteiger partial charge < -0.3 is 5.32 Å². The van der Waals surface area contributed by atoms with Crippen LogP contribution in [0.1, 0.15) is 10.6 Å². The highest BCUT2D eigenvalue weighted by atomic mass is 32.1. The Hall–Kier alpha value is -1.46. The minimum Gasteiger partial charge on any atom is -0.372 e. The molecule has 0 bridgehead atoms. The van der Waals surface area contributed by atoms with Crippen molar-refractivity contribution in [2.45, 2.75) is 13.1 Å². The summed E-state index contributed by atoms with van der Waals surface area (Å²) in [5.74, 6) is 0.801. The highest BCUT2D eigenvalue weighted by molar-refractivity contribution is 7.09. The Morgan fingerprint density at radius 1 is 1.29 bits per heavy atom. The van der Waals surface area contributed by atoms with Crippen molar-refractivity contribution in [3.63, 3.8) is 0 Å². The standard InChI is InChI=1S/C12H16N4S/c1-13-12-7-14-10(6-15-12)8-16(2)9-11-4-3-5-17-11/h3-7H,8-9H2,1-2H3,(H,13,15). The van der Waals surface area contributed by atoms with Gasteiger partial charge in [0.2, 0.25) is 0 Å². The molecule has 5 heteroatoms. The second kappa shape index (κ2) is 5.75. The number of hydrogen-bond donors (Lipinski definition) is 1. The Morgan fingerprint density at radius 3 is 2.76 bits per heavy atom. The number of nitrogens with zero attached hydrogens (tertiary/aromatic N) is 3. The monoisotopic (exact) mass is 248 g/mol. The topological polar surface area (TPSA) is 41.1 Å². The van der Waals surface area contributed by atoms with Gasteiger partial charge in [0.1, 0.15) is 5.82 Å². The minimum atomic E-state index is 0.801. The number of nitrogens with one attached hydrogen (secondary N) is 1. The summed E-state index contributed by atoms with van der Waals surface area (Å²) in [5.41, 5.74) is 0.989. The van der Waals surface area contributed by atoms with Gasteiger partial charge in [-0.05, 0) is 18.5 Å². The molecule has 2 aromatic heterocycles. The molecule has 2 aromatic rings. The second-order valence-corrected chi connectivity index (χ2v) is 4.93. The van der Waals surface area contributed by atoms with E-state index in [-0.39, 0.29) is 0 Å². The first-order valence-electron chi connectivity index (χ1n) is 5.47. The normalized spacial score (nSPS) is 10.8. The molecule has 0 spiro atoms. The Morgan fingerprint density at radius 2 is 2.18 bits per heavy atom. The van der Waals surface area contributed by atoms with Crippen LogP contribution in [0.15, 0.2) is 29.9 Å². The summed E-state index contributed by atoms with van der Waals surface area (Å²) in [5, 5.41) is 5.06. The maximum atomic E-state index is 4.36. The molecule has 0 atom stereocenters. The smallest absolute Gasteiger partial charge is 0.144 e. The molecule has 0 fully saturated rings. The number of hydrogen-bond acceptors (Lipinski definition) is 5. The van der Waals surface area contributed by atoms with Crippen LogP contribution >= 0.6 is 11.3 Å². The summed E-state index contributed by atoms with van der Waals surface area (Å²) in [4.78, 5) is 12.2. The first-order chi connectivity index (χ1) is 8.28. The molecule has 0 saturated carbocycles. The van der Waals surface area contributed by atoms with Gasteiger partial charge in [0.15, 0.2) is 0 Å². The zero-order valence-corrected chi connectivity index (χ0v) is 10.9. The molecule has 0 aromatic carbocycles. The average Bonchev–Trinajstić information content (AvgIpc) is 2.82. The lowest BCUT2D eigenvalue weighted by Crippen LogP contribution is -2.17. The van der Waals surface area contributed by atoms with Crippen molar-refractivity contribution in [2.75, 3.05) is 19.4 Å². The van der Waals surface area contributed by atoms with Gasteiger partial charge in [0, 0.05) is 25.0 Å². The van der Waals surface area contributed by atoms with Crippen molar-refractivity contribution >= 4 is 17.2 Å². The summed E-state index contributed by atoms with van der Waals surface area (Å²) in [6, 6.07) is 4.23. The lowest BCUT2D eigenvalue weighted by atomic mass is 10.4. The largest absolute Gasteiger partial charge is 0.372 e. The predicted octanol–water partition coefficient (Wildman–Crippen LogP) is 2.21. The number of aromatic nitrogens is 2. The van der Waals surface area contributed by atoms with Crippen LogP contribution < -0.4 is 5.32 Å².